The van der Waals surface area contributed by atoms with Crippen LogP contribution in [0.15, 0.2) is 40.7 Å². The minimum absolute atomic E-state index is 0. The summed E-state index contributed by atoms with van der Waals surface area (Å²) in [5.41, 5.74) is 4.36. The number of oxime groups is 1. The lowest BCUT2D eigenvalue weighted by Crippen LogP contribution is -2.42. The van der Waals surface area contributed by atoms with Gasteiger partial charge in [0.05, 0.1) is 17.5 Å². The molecule has 0 spiro atoms. The van der Waals surface area contributed by atoms with Gasteiger partial charge in [0, 0.05) is 13.0 Å². The molecule has 0 saturated heterocycles. The highest BCUT2D eigenvalue weighted by molar-refractivity contribution is 6.22. The monoisotopic (exact) mass is 320 g/mol. The van der Waals surface area contributed by atoms with Crippen LogP contribution in [0.4, 0.5) is 0 Å². The average molecular weight is 321 g/mol. The van der Waals surface area contributed by atoms with Gasteiger partial charge in [-0.2, -0.15) is 0 Å². The maximum atomic E-state index is 12.0. The molecular formula is C16H17ClN2O3. The molecule has 1 N–H and O–H groups in total. The van der Waals surface area contributed by atoms with Crippen LogP contribution in [0.5, 0.6) is 0 Å². The van der Waals surface area contributed by atoms with Crippen molar-refractivity contribution in [1.29, 1.82) is 0 Å². The molecule has 2 atom stereocenters. The van der Waals surface area contributed by atoms with Crippen LogP contribution in [0.1, 0.15) is 30.5 Å². The Labute approximate surface area is 134 Å². The minimum atomic E-state index is -0.373. The summed E-state index contributed by atoms with van der Waals surface area (Å²) < 4.78 is 5.33. The number of cyclic esters (lactones) is 1. The van der Waals surface area contributed by atoms with E-state index in [4.69, 9.17) is 4.74 Å². The second-order valence-corrected chi connectivity index (χ2v) is 5.72. The molecule has 0 amide bonds. The third-order valence-corrected chi connectivity index (χ3v) is 4.65. The number of halogens is 1. The van der Waals surface area contributed by atoms with E-state index < -0.39 is 0 Å². The molecule has 0 saturated carbocycles. The van der Waals surface area contributed by atoms with Crippen molar-refractivity contribution >= 4 is 24.1 Å². The highest BCUT2D eigenvalue weighted by atomic mass is 35.5. The van der Waals surface area contributed by atoms with Crippen molar-refractivity contribution in [2.75, 3.05) is 6.54 Å². The number of rotatable bonds is 0. The molecule has 1 unspecified atom stereocenters. The summed E-state index contributed by atoms with van der Waals surface area (Å²) in [5, 5.41) is 12.7. The largest absolute Gasteiger partial charge is 0.453 e. The zero-order valence-corrected chi connectivity index (χ0v) is 13.0. The number of hydrogen-bond donors (Lipinski definition) is 1. The fourth-order valence-electron chi connectivity index (χ4n) is 3.76. The van der Waals surface area contributed by atoms with Gasteiger partial charge in [-0.1, -0.05) is 29.4 Å². The highest BCUT2D eigenvalue weighted by Gasteiger charge is 2.45. The predicted molar refractivity (Wildman–Crippen MR) is 83.3 cm³/mol. The van der Waals surface area contributed by atoms with Crippen LogP contribution < -0.4 is 0 Å². The molecule has 5 nitrogen and oxygen atoms in total. The van der Waals surface area contributed by atoms with Gasteiger partial charge < -0.3 is 14.8 Å². The van der Waals surface area contributed by atoms with Crippen molar-refractivity contribution in [1.82, 2.24) is 4.90 Å². The maximum Gasteiger partial charge on any atom is 0.342 e. The number of carbonyl (C=O) groups excluding carboxylic acids is 1. The lowest BCUT2D eigenvalue weighted by atomic mass is 9.84. The molecular weight excluding hydrogens is 304 g/mol. The van der Waals surface area contributed by atoms with E-state index in [0.717, 1.165) is 18.7 Å². The zero-order valence-electron chi connectivity index (χ0n) is 12.2. The molecule has 1 aromatic rings. The number of ether oxygens (including phenoxy) is 1. The fourth-order valence-corrected chi connectivity index (χ4v) is 3.76. The molecule has 116 valence electrons. The van der Waals surface area contributed by atoms with E-state index in [-0.39, 0.29) is 30.5 Å². The number of hydrogen-bond acceptors (Lipinski definition) is 5. The Morgan fingerprint density at radius 1 is 1.36 bits per heavy atom. The Kier molecular flexibility index (Phi) is 3.60. The number of fused-ring (bicyclic) bond motifs is 4. The van der Waals surface area contributed by atoms with Gasteiger partial charge in [0.15, 0.2) is 0 Å². The zero-order chi connectivity index (χ0) is 14.6. The molecule has 4 rings (SSSR count). The van der Waals surface area contributed by atoms with E-state index in [2.05, 4.69) is 22.2 Å². The van der Waals surface area contributed by atoms with Crippen LogP contribution in [0.3, 0.4) is 0 Å². The van der Waals surface area contributed by atoms with Crippen LogP contribution in [-0.4, -0.2) is 34.4 Å². The first kappa shape index (κ1) is 14.9. The van der Waals surface area contributed by atoms with Crippen LogP contribution in [0.25, 0.3) is 0 Å². The molecule has 22 heavy (non-hydrogen) atoms. The molecule has 3 aliphatic rings. The van der Waals surface area contributed by atoms with Gasteiger partial charge in [0.1, 0.15) is 11.7 Å². The Balaban J connectivity index is 0.00000144. The van der Waals surface area contributed by atoms with Crippen molar-refractivity contribution < 1.29 is 14.7 Å². The molecule has 0 fully saturated rings. The maximum absolute atomic E-state index is 12.0. The Bertz CT molecular complexity index is 698. The summed E-state index contributed by atoms with van der Waals surface area (Å²) in [5.74, 6) is -0.373. The standard InChI is InChI=1S/C16H16N2O3.ClH/c1-9-15-14(16(19)21-9)12(17-20)8-13-11-5-3-2-4-10(11)6-7-18(13)15;/h2-5,9,13,20H,6-8H2,1H3;1H/b17-12+;/t9-,13?;/m0./s1. The van der Waals surface area contributed by atoms with Gasteiger partial charge in [-0.15, -0.1) is 12.4 Å². The van der Waals surface area contributed by atoms with Crippen LogP contribution in [0, 0.1) is 0 Å². The number of carbonyl (C=O) groups is 1. The summed E-state index contributed by atoms with van der Waals surface area (Å²) in [7, 11) is 0. The summed E-state index contributed by atoms with van der Waals surface area (Å²) in [6.45, 7) is 2.73. The first-order chi connectivity index (χ1) is 10.2. The van der Waals surface area contributed by atoms with Gasteiger partial charge >= 0.3 is 5.97 Å². The Hall–Kier alpha value is -2.01. The topological polar surface area (TPSA) is 62.1 Å². The van der Waals surface area contributed by atoms with Gasteiger partial charge in [0.25, 0.3) is 0 Å². The molecule has 0 radical (unpaired) electrons. The third kappa shape index (κ3) is 1.92. The van der Waals surface area contributed by atoms with Gasteiger partial charge in [-0.3, -0.25) is 0 Å². The molecule has 0 aliphatic carbocycles. The molecule has 0 bridgehead atoms. The van der Waals surface area contributed by atoms with Crippen LogP contribution >= 0.6 is 12.4 Å². The van der Waals surface area contributed by atoms with Crippen molar-refractivity contribution in [2.24, 2.45) is 5.16 Å². The molecule has 1 aromatic carbocycles. The average Bonchev–Trinajstić information content (AvgIpc) is 2.81. The van der Waals surface area contributed by atoms with Crippen molar-refractivity contribution in [3.05, 3.63) is 46.7 Å². The first-order valence-corrected chi connectivity index (χ1v) is 7.21. The highest BCUT2D eigenvalue weighted by Crippen LogP contribution is 2.43. The van der Waals surface area contributed by atoms with E-state index >= 15 is 0 Å². The quantitative estimate of drug-likeness (QED) is 0.453. The molecule has 6 heteroatoms. The Morgan fingerprint density at radius 3 is 2.91 bits per heavy atom. The SMILES string of the molecule is C[C@@H]1OC(=O)C2=C1N1CCc3ccccc3C1C/C2=N\O.Cl. The summed E-state index contributed by atoms with van der Waals surface area (Å²) in [6.07, 6.45) is 1.21. The smallest absolute Gasteiger partial charge is 0.342 e. The van der Waals surface area contributed by atoms with Crippen LogP contribution in [0.2, 0.25) is 0 Å². The van der Waals surface area contributed by atoms with E-state index in [1.54, 1.807) is 0 Å². The van der Waals surface area contributed by atoms with Crippen molar-refractivity contribution in [3.8, 4) is 0 Å². The summed E-state index contributed by atoms with van der Waals surface area (Å²) >= 11 is 0. The van der Waals surface area contributed by atoms with E-state index in [1.807, 2.05) is 19.1 Å². The Morgan fingerprint density at radius 2 is 2.14 bits per heavy atom. The summed E-state index contributed by atoms with van der Waals surface area (Å²) in [6, 6.07) is 8.47. The van der Waals surface area contributed by atoms with Gasteiger partial charge in [0.2, 0.25) is 0 Å². The van der Waals surface area contributed by atoms with Crippen molar-refractivity contribution in [2.45, 2.75) is 31.9 Å². The first-order valence-electron chi connectivity index (χ1n) is 7.21. The lowest BCUT2D eigenvalue weighted by Gasteiger charge is -2.43. The predicted octanol–water partition coefficient (Wildman–Crippen LogP) is 2.44. The number of nitrogens with zero attached hydrogens (tertiary/aromatic N) is 2. The summed E-state index contributed by atoms with van der Waals surface area (Å²) in [4.78, 5) is 14.3. The van der Waals surface area contributed by atoms with E-state index in [9.17, 15) is 10.0 Å². The van der Waals surface area contributed by atoms with E-state index in [1.165, 1.54) is 11.1 Å². The van der Waals surface area contributed by atoms with E-state index in [0.29, 0.717) is 17.7 Å². The molecule has 3 aliphatic heterocycles. The minimum Gasteiger partial charge on any atom is -0.453 e. The normalized spacial score (nSPS) is 27.8. The third-order valence-electron chi connectivity index (χ3n) is 4.65. The lowest BCUT2D eigenvalue weighted by molar-refractivity contribution is -0.138. The molecule has 0 aromatic heterocycles. The molecule has 3 heterocycles. The second kappa shape index (κ2) is 5.32. The number of esters is 1. The fraction of sp³-hybridized carbons (Fsp3) is 0.375. The van der Waals surface area contributed by atoms with Crippen molar-refractivity contribution in [3.63, 3.8) is 0 Å². The van der Waals surface area contributed by atoms with Gasteiger partial charge in [-0.25, -0.2) is 4.79 Å². The second-order valence-electron chi connectivity index (χ2n) is 5.72. The van der Waals surface area contributed by atoms with Gasteiger partial charge in [-0.05, 0) is 24.5 Å². The number of benzene rings is 1. The van der Waals surface area contributed by atoms with Crippen LogP contribution in [-0.2, 0) is 16.0 Å².